The van der Waals surface area contributed by atoms with Gasteiger partial charge in [0.25, 0.3) is 5.69 Å². The van der Waals surface area contributed by atoms with Crippen LogP contribution in [0.4, 0.5) is 24.5 Å². The van der Waals surface area contributed by atoms with Crippen molar-refractivity contribution in [1.82, 2.24) is 5.43 Å². The molecule has 0 radical (unpaired) electrons. The van der Waals surface area contributed by atoms with Gasteiger partial charge in [0.2, 0.25) is 0 Å². The number of nitro benzene ring substituents is 1. The van der Waals surface area contributed by atoms with Crippen LogP contribution in [-0.4, -0.2) is 11.3 Å². The maximum atomic E-state index is 12.1. The highest BCUT2D eigenvalue weighted by Gasteiger charge is 2.31. The molecular weight excluding hydrogens is 379 g/mol. The van der Waals surface area contributed by atoms with Crippen LogP contribution in [0.5, 0.6) is 5.75 Å². The highest BCUT2D eigenvalue weighted by Crippen LogP contribution is 2.24. The zero-order chi connectivity index (χ0) is 21.3. The lowest BCUT2D eigenvalue weighted by molar-refractivity contribution is -0.384. The molecule has 0 unspecified atom stereocenters. The molecule has 0 aliphatic heterocycles. The molecule has 5 N–H and O–H groups in total. The zero-order valence-corrected chi connectivity index (χ0v) is 15.1. The normalized spacial score (nSPS) is 11.1. The molecule has 11 heteroatoms. The van der Waals surface area contributed by atoms with E-state index in [1.807, 2.05) is 13.8 Å². The molecule has 0 aromatic heterocycles. The van der Waals surface area contributed by atoms with Crippen LogP contribution in [0.3, 0.4) is 0 Å². The molecule has 0 saturated heterocycles. The van der Waals surface area contributed by atoms with Crippen molar-refractivity contribution in [2.75, 3.05) is 5.12 Å². The number of anilines is 1. The van der Waals surface area contributed by atoms with Gasteiger partial charge in [0.1, 0.15) is 5.75 Å². The van der Waals surface area contributed by atoms with Crippen LogP contribution in [0.25, 0.3) is 5.70 Å². The number of alkyl halides is 3. The van der Waals surface area contributed by atoms with Gasteiger partial charge in [-0.15, -0.1) is 13.2 Å². The number of nitro groups is 1. The van der Waals surface area contributed by atoms with Crippen LogP contribution in [0.1, 0.15) is 19.4 Å². The first-order valence-electron chi connectivity index (χ1n) is 8.03. The molecule has 0 saturated carbocycles. The van der Waals surface area contributed by atoms with Gasteiger partial charge in [-0.3, -0.25) is 15.5 Å². The number of nitrogens with two attached hydrogens (primary N) is 2. The molecule has 0 atom stereocenters. The quantitative estimate of drug-likeness (QED) is 0.385. The number of hydrazine groups is 2. The highest BCUT2D eigenvalue weighted by atomic mass is 19.4. The summed E-state index contributed by atoms with van der Waals surface area (Å²) in [6.45, 7) is 4.00. The Labute approximate surface area is 159 Å². The van der Waals surface area contributed by atoms with Crippen molar-refractivity contribution in [2.24, 2.45) is 11.6 Å². The number of ether oxygens (including phenoxy) is 1. The lowest BCUT2D eigenvalue weighted by Crippen LogP contribution is -2.41. The monoisotopic (exact) mass is 399 g/mol. The van der Waals surface area contributed by atoms with Gasteiger partial charge in [-0.25, -0.2) is 11.0 Å². The van der Waals surface area contributed by atoms with Crippen LogP contribution in [-0.2, 0) is 0 Å². The van der Waals surface area contributed by atoms with Crippen molar-refractivity contribution >= 4 is 17.1 Å². The van der Waals surface area contributed by atoms with Crippen molar-refractivity contribution in [3.8, 4) is 5.75 Å². The zero-order valence-electron chi connectivity index (χ0n) is 15.1. The fraction of sp³-hybridized carbons (Fsp3) is 0.176. The summed E-state index contributed by atoms with van der Waals surface area (Å²) in [5.41, 5.74) is 9.50. The van der Waals surface area contributed by atoms with E-state index in [1.165, 1.54) is 42.6 Å². The molecule has 0 fully saturated rings. The maximum absolute atomic E-state index is 12.1. The predicted octanol–water partition coefficient (Wildman–Crippen LogP) is 3.66. The summed E-state index contributed by atoms with van der Waals surface area (Å²) in [6.07, 6.45) is -3.44. The summed E-state index contributed by atoms with van der Waals surface area (Å²) in [6, 6.07) is 10.4. The van der Waals surface area contributed by atoms with Gasteiger partial charge >= 0.3 is 6.36 Å². The number of benzene rings is 2. The Balaban J connectivity index is 0.00000190. The molecule has 0 heterocycles. The Hall–Kier alpha value is -3.47. The second kappa shape index (κ2) is 10.0. The van der Waals surface area contributed by atoms with E-state index in [-0.39, 0.29) is 17.1 Å². The summed E-state index contributed by atoms with van der Waals surface area (Å²) in [5.74, 6) is 5.35. The number of halogens is 3. The van der Waals surface area contributed by atoms with Gasteiger partial charge in [0.05, 0.1) is 16.3 Å². The first-order valence-corrected chi connectivity index (χ1v) is 8.03. The minimum Gasteiger partial charge on any atom is -0.406 e. The number of nitrogens with zero attached hydrogens (tertiary/aromatic N) is 2. The van der Waals surface area contributed by atoms with Crippen LogP contribution >= 0.6 is 0 Å². The number of hydrogen-bond acceptors (Lipinski definition) is 7. The third kappa shape index (κ3) is 7.03. The Kier molecular flexibility index (Phi) is 8.07. The average molecular weight is 399 g/mol. The van der Waals surface area contributed by atoms with Crippen LogP contribution in [0.2, 0.25) is 0 Å². The molecule has 0 amide bonds. The Morgan fingerprint density at radius 1 is 1.14 bits per heavy atom. The SMILES string of the molecule is CC.NC(=CNN(N)c1ccc(OC(F)(F)F)cc1)c1ccc([N+](=O)[O-])cc1. The van der Waals surface area contributed by atoms with Gasteiger partial charge in [0, 0.05) is 18.3 Å². The topological polar surface area (TPSA) is 120 Å². The third-order valence-electron chi connectivity index (χ3n) is 3.12. The Bertz CT molecular complexity index is 793. The van der Waals surface area contributed by atoms with Crippen LogP contribution in [0.15, 0.2) is 54.7 Å². The lowest BCUT2D eigenvalue weighted by atomic mass is 10.1. The molecule has 28 heavy (non-hydrogen) atoms. The first kappa shape index (κ1) is 22.6. The predicted molar refractivity (Wildman–Crippen MR) is 99.5 cm³/mol. The second-order valence-corrected chi connectivity index (χ2v) is 4.94. The number of rotatable bonds is 6. The minimum absolute atomic E-state index is 0.0730. The van der Waals surface area contributed by atoms with E-state index in [0.29, 0.717) is 11.3 Å². The molecule has 0 bridgehead atoms. The van der Waals surface area contributed by atoms with Crippen LogP contribution in [0, 0.1) is 10.1 Å². The molecule has 2 rings (SSSR count). The fourth-order valence-electron chi connectivity index (χ4n) is 1.88. The molecule has 152 valence electrons. The number of non-ortho nitro benzene ring substituents is 1. The van der Waals surface area contributed by atoms with E-state index in [2.05, 4.69) is 10.2 Å². The van der Waals surface area contributed by atoms with E-state index in [0.717, 1.165) is 17.3 Å². The summed E-state index contributed by atoms with van der Waals surface area (Å²) in [7, 11) is 0. The van der Waals surface area contributed by atoms with Gasteiger partial charge in [-0.1, -0.05) is 13.8 Å². The molecule has 0 aliphatic carbocycles. The van der Waals surface area contributed by atoms with E-state index >= 15 is 0 Å². The molecular formula is C17H20F3N5O3. The van der Waals surface area contributed by atoms with Gasteiger partial charge in [0.15, 0.2) is 0 Å². The molecule has 0 aliphatic rings. The lowest BCUT2D eigenvalue weighted by Gasteiger charge is -2.19. The van der Waals surface area contributed by atoms with E-state index in [1.54, 1.807) is 0 Å². The standard InChI is InChI=1S/C15H14F3N5O3.C2H6/c16-15(17,18)26-13-7-5-11(6-8-13)22(20)21-9-14(19)10-1-3-12(4-2-10)23(24)25;1-2/h1-9,21H,19-20H2;1-2H3. The number of nitrogens with one attached hydrogen (secondary N) is 1. The Morgan fingerprint density at radius 3 is 2.14 bits per heavy atom. The first-order chi connectivity index (χ1) is 13.2. The summed E-state index contributed by atoms with van der Waals surface area (Å²) < 4.78 is 40.1. The van der Waals surface area contributed by atoms with E-state index < -0.39 is 11.3 Å². The van der Waals surface area contributed by atoms with Crippen molar-refractivity contribution in [3.05, 3.63) is 70.4 Å². The van der Waals surface area contributed by atoms with Crippen molar-refractivity contribution in [3.63, 3.8) is 0 Å². The van der Waals surface area contributed by atoms with Gasteiger partial charge < -0.3 is 10.5 Å². The van der Waals surface area contributed by atoms with Crippen molar-refractivity contribution < 1.29 is 22.8 Å². The van der Waals surface area contributed by atoms with E-state index in [4.69, 9.17) is 11.6 Å². The van der Waals surface area contributed by atoms with Gasteiger partial charge in [-0.2, -0.15) is 0 Å². The Morgan fingerprint density at radius 2 is 1.68 bits per heavy atom. The van der Waals surface area contributed by atoms with E-state index in [9.17, 15) is 23.3 Å². The second-order valence-electron chi connectivity index (χ2n) is 4.94. The van der Waals surface area contributed by atoms with Crippen molar-refractivity contribution in [1.29, 1.82) is 0 Å². The minimum atomic E-state index is -4.77. The summed E-state index contributed by atoms with van der Waals surface area (Å²) >= 11 is 0. The fourth-order valence-corrected chi connectivity index (χ4v) is 1.88. The summed E-state index contributed by atoms with van der Waals surface area (Å²) in [4.78, 5) is 10.1. The molecule has 2 aromatic rings. The largest absolute Gasteiger partial charge is 0.573 e. The summed E-state index contributed by atoms with van der Waals surface area (Å²) in [5, 5.41) is 11.6. The number of hydrogen-bond donors (Lipinski definition) is 3. The van der Waals surface area contributed by atoms with Crippen LogP contribution < -0.4 is 26.9 Å². The molecule has 8 nitrogen and oxygen atoms in total. The van der Waals surface area contributed by atoms with Gasteiger partial charge in [-0.05, 0) is 42.0 Å². The smallest absolute Gasteiger partial charge is 0.406 e. The molecule has 0 spiro atoms. The maximum Gasteiger partial charge on any atom is 0.573 e. The van der Waals surface area contributed by atoms with Crippen molar-refractivity contribution in [2.45, 2.75) is 20.2 Å². The molecule has 2 aromatic carbocycles. The average Bonchev–Trinajstić information content (AvgIpc) is 2.67. The third-order valence-corrected chi connectivity index (χ3v) is 3.12. The highest BCUT2D eigenvalue weighted by molar-refractivity contribution is 5.63.